The second-order valence-electron chi connectivity index (χ2n) is 4.64. The highest BCUT2D eigenvalue weighted by Crippen LogP contribution is 2.28. The van der Waals surface area contributed by atoms with Crippen LogP contribution in [0.4, 0.5) is 10.5 Å². The lowest BCUT2D eigenvalue weighted by molar-refractivity contribution is -0.384. The monoisotopic (exact) mass is 370 g/mol. The molecule has 0 spiro atoms. The highest BCUT2D eigenvalue weighted by Gasteiger charge is 2.14. The predicted octanol–water partition coefficient (Wildman–Crippen LogP) is 1.92. The molecule has 0 radical (unpaired) electrons. The van der Waals surface area contributed by atoms with E-state index in [1.807, 2.05) is 0 Å². The number of nitro benzene ring substituents is 1. The van der Waals surface area contributed by atoms with Crippen molar-refractivity contribution >= 4 is 23.4 Å². The molecular weight excluding hydrogens is 356 g/mol. The maximum Gasteiger partial charge on any atom is 0.404 e. The van der Waals surface area contributed by atoms with Crippen LogP contribution in [0.5, 0.6) is 5.75 Å². The predicted molar refractivity (Wildman–Crippen MR) is 87.1 cm³/mol. The van der Waals surface area contributed by atoms with E-state index in [1.165, 1.54) is 24.5 Å². The lowest BCUT2D eigenvalue weighted by Gasteiger charge is -2.12. The normalized spacial score (nSPS) is 10.4. The fourth-order valence-electron chi connectivity index (χ4n) is 1.89. The molecule has 2 N–H and O–H groups in total. The van der Waals surface area contributed by atoms with Gasteiger partial charge in [0.2, 0.25) is 0 Å². The molecule has 2 rings (SSSR count). The first-order chi connectivity index (χ1) is 12.0. The summed E-state index contributed by atoms with van der Waals surface area (Å²) in [6.45, 7) is 0.512. The topological polar surface area (TPSA) is 132 Å². The zero-order chi connectivity index (χ0) is 18.2. The summed E-state index contributed by atoms with van der Waals surface area (Å²) in [6, 6.07) is 4.19. The van der Waals surface area contributed by atoms with Crippen molar-refractivity contribution in [2.24, 2.45) is 5.73 Å². The van der Waals surface area contributed by atoms with Gasteiger partial charge in [-0.2, -0.15) is 0 Å². The number of nitrogens with two attached hydrogens (primary N) is 1. The van der Waals surface area contributed by atoms with Gasteiger partial charge in [0.05, 0.1) is 29.9 Å². The minimum Gasteiger partial charge on any atom is -0.489 e. The third-order valence-corrected chi connectivity index (χ3v) is 3.14. The summed E-state index contributed by atoms with van der Waals surface area (Å²) in [4.78, 5) is 24.7. The van der Waals surface area contributed by atoms with Gasteiger partial charge in [0.1, 0.15) is 30.4 Å². The Labute approximate surface area is 147 Å². The summed E-state index contributed by atoms with van der Waals surface area (Å²) < 4.78 is 16.9. The highest BCUT2D eigenvalue weighted by atomic mass is 35.5. The number of hydrogen-bond donors (Lipinski definition) is 1. The molecular formula is C14H15ClN4O6. The molecule has 0 aliphatic heterocycles. The molecule has 0 aliphatic rings. The average Bonchev–Trinajstić information content (AvgIpc) is 2.99. The summed E-state index contributed by atoms with van der Waals surface area (Å²) in [5, 5.41) is 11.2. The molecule has 2 aromatic rings. The molecule has 1 aromatic heterocycles. The number of rotatable bonds is 9. The van der Waals surface area contributed by atoms with Crippen molar-refractivity contribution < 1.29 is 23.9 Å². The number of carbonyl (C=O) groups is 1. The van der Waals surface area contributed by atoms with E-state index in [4.69, 9.17) is 26.8 Å². The van der Waals surface area contributed by atoms with Crippen LogP contribution < -0.4 is 10.5 Å². The molecule has 11 heteroatoms. The summed E-state index contributed by atoms with van der Waals surface area (Å²) in [7, 11) is 0. The van der Waals surface area contributed by atoms with Gasteiger partial charge < -0.3 is 24.5 Å². The van der Waals surface area contributed by atoms with Crippen LogP contribution in [0.3, 0.4) is 0 Å². The van der Waals surface area contributed by atoms with E-state index < -0.39 is 11.0 Å². The van der Waals surface area contributed by atoms with Gasteiger partial charge in [0, 0.05) is 12.3 Å². The first-order valence-electron chi connectivity index (χ1n) is 7.08. The van der Waals surface area contributed by atoms with E-state index in [1.54, 1.807) is 10.8 Å². The van der Waals surface area contributed by atoms with Crippen molar-refractivity contribution in [1.29, 1.82) is 0 Å². The second kappa shape index (κ2) is 8.85. The van der Waals surface area contributed by atoms with Crippen molar-refractivity contribution in [2.45, 2.75) is 0 Å². The van der Waals surface area contributed by atoms with Crippen LogP contribution in [-0.4, -0.2) is 47.0 Å². The maximum absolute atomic E-state index is 10.9. The number of imidazole rings is 1. The molecule has 0 aliphatic carbocycles. The Balaban J connectivity index is 1.98. The molecule has 0 fully saturated rings. The van der Waals surface area contributed by atoms with Gasteiger partial charge in [0.25, 0.3) is 5.69 Å². The molecule has 0 saturated heterocycles. The molecule has 134 valence electrons. The van der Waals surface area contributed by atoms with Crippen molar-refractivity contribution in [3.63, 3.8) is 0 Å². The Morgan fingerprint density at radius 2 is 2.08 bits per heavy atom. The Morgan fingerprint density at radius 3 is 2.72 bits per heavy atom. The Bertz CT molecular complexity index is 751. The van der Waals surface area contributed by atoms with Crippen LogP contribution in [0.15, 0.2) is 30.7 Å². The molecule has 1 heterocycles. The fraction of sp³-hybridized carbons (Fsp3) is 0.286. The number of benzene rings is 1. The number of amides is 1. The number of ether oxygens (including phenoxy) is 3. The lowest BCUT2D eigenvalue weighted by atomic mass is 10.2. The molecule has 0 saturated carbocycles. The molecule has 25 heavy (non-hydrogen) atoms. The van der Waals surface area contributed by atoms with E-state index in [9.17, 15) is 14.9 Å². The van der Waals surface area contributed by atoms with Crippen molar-refractivity contribution in [1.82, 2.24) is 9.55 Å². The van der Waals surface area contributed by atoms with Crippen LogP contribution in [0.2, 0.25) is 5.15 Å². The largest absolute Gasteiger partial charge is 0.489 e. The van der Waals surface area contributed by atoms with E-state index in [0.29, 0.717) is 5.69 Å². The van der Waals surface area contributed by atoms with Gasteiger partial charge in [-0.25, -0.2) is 9.78 Å². The first-order valence-corrected chi connectivity index (χ1v) is 7.46. The first kappa shape index (κ1) is 18.5. The zero-order valence-electron chi connectivity index (χ0n) is 13.0. The molecule has 1 amide bonds. The van der Waals surface area contributed by atoms with Crippen molar-refractivity contribution in [3.05, 3.63) is 46.0 Å². The quantitative estimate of drug-likeness (QED) is 0.405. The minimum atomic E-state index is -0.875. The number of primary amides is 1. The van der Waals surface area contributed by atoms with E-state index in [-0.39, 0.29) is 43.0 Å². The van der Waals surface area contributed by atoms with Crippen LogP contribution in [0.25, 0.3) is 5.69 Å². The number of nitrogens with zero attached hydrogens (tertiary/aromatic N) is 3. The van der Waals surface area contributed by atoms with Crippen LogP contribution in [0.1, 0.15) is 0 Å². The van der Waals surface area contributed by atoms with Gasteiger partial charge in [-0.3, -0.25) is 10.1 Å². The van der Waals surface area contributed by atoms with E-state index in [2.05, 4.69) is 9.72 Å². The highest BCUT2D eigenvalue weighted by molar-refractivity contribution is 6.29. The van der Waals surface area contributed by atoms with Gasteiger partial charge in [-0.05, 0) is 6.07 Å². The molecule has 0 bridgehead atoms. The summed E-state index contributed by atoms with van der Waals surface area (Å²) in [5.41, 5.74) is 5.24. The van der Waals surface area contributed by atoms with Crippen molar-refractivity contribution in [3.8, 4) is 11.4 Å². The standard InChI is InChI=1S/C14H15ClN4O6/c15-13-8-18(9-17-13)11-2-1-10(19(21)22)7-12(11)24-5-3-23-4-6-25-14(16)20/h1-2,7-9H,3-6H2,(H2,16,20). The van der Waals surface area contributed by atoms with Gasteiger partial charge in [-0.15, -0.1) is 0 Å². The smallest absolute Gasteiger partial charge is 0.404 e. The summed E-state index contributed by atoms with van der Waals surface area (Å²) in [6.07, 6.45) is 2.14. The number of carbonyl (C=O) groups excluding carboxylic acids is 1. The molecule has 0 unspecified atom stereocenters. The Hall–Kier alpha value is -2.85. The van der Waals surface area contributed by atoms with Crippen LogP contribution in [0, 0.1) is 10.1 Å². The third kappa shape index (κ3) is 5.62. The van der Waals surface area contributed by atoms with Gasteiger partial charge >= 0.3 is 6.09 Å². The molecule has 0 atom stereocenters. The summed E-state index contributed by atoms with van der Waals surface area (Å²) >= 11 is 5.80. The van der Waals surface area contributed by atoms with Crippen molar-refractivity contribution in [2.75, 3.05) is 26.4 Å². The van der Waals surface area contributed by atoms with Crippen LogP contribution >= 0.6 is 11.6 Å². The average molecular weight is 371 g/mol. The minimum absolute atomic E-state index is 0.0327. The van der Waals surface area contributed by atoms with E-state index >= 15 is 0 Å². The second-order valence-corrected chi connectivity index (χ2v) is 5.03. The summed E-state index contributed by atoms with van der Waals surface area (Å²) in [5.74, 6) is 0.278. The zero-order valence-corrected chi connectivity index (χ0v) is 13.7. The maximum atomic E-state index is 10.9. The molecule has 1 aromatic carbocycles. The Morgan fingerprint density at radius 1 is 1.32 bits per heavy atom. The number of non-ortho nitro benzene ring substituents is 1. The SMILES string of the molecule is NC(=O)OCCOCCOc1cc([N+](=O)[O-])ccc1-n1cnc(Cl)c1. The molecule has 10 nitrogen and oxygen atoms in total. The number of halogens is 1. The fourth-order valence-corrected chi connectivity index (χ4v) is 2.04. The van der Waals surface area contributed by atoms with E-state index in [0.717, 1.165) is 0 Å². The number of aromatic nitrogens is 2. The third-order valence-electron chi connectivity index (χ3n) is 2.94. The number of nitro groups is 1. The number of hydrogen-bond acceptors (Lipinski definition) is 7. The van der Waals surface area contributed by atoms with Gasteiger partial charge in [-0.1, -0.05) is 11.6 Å². The Kier molecular flexibility index (Phi) is 6.54. The van der Waals surface area contributed by atoms with Crippen LogP contribution in [-0.2, 0) is 9.47 Å². The van der Waals surface area contributed by atoms with Gasteiger partial charge in [0.15, 0.2) is 0 Å². The lowest BCUT2D eigenvalue weighted by Crippen LogP contribution is -2.17.